The molecule has 2 aliphatic rings. The van der Waals surface area contributed by atoms with E-state index in [2.05, 4.69) is 68.4 Å². The van der Waals surface area contributed by atoms with E-state index in [1.807, 2.05) is 7.05 Å². The topological polar surface area (TPSA) is 54.9 Å². The zero-order valence-electron chi connectivity index (χ0n) is 18.0. The molecule has 158 valence electrons. The molecule has 0 aromatic heterocycles. The highest BCUT2D eigenvalue weighted by Crippen LogP contribution is 2.52. The molecule has 1 aliphatic carbocycles. The molecule has 3 rings (SSSR count). The molecule has 0 spiro atoms. The van der Waals surface area contributed by atoms with Gasteiger partial charge in [-0.1, -0.05) is 32.9 Å². The van der Waals surface area contributed by atoms with Gasteiger partial charge in [-0.2, -0.15) is 0 Å². The standard InChI is InChI=1S/C22H35N3O2.HI/c1-7-15(3)27-18-12-14(2)8-9-16(18)13-24-21(23-6)25-19-17-10-11-26-20(17)22(19,4)5;/h8-9,12,15,17,19-20H,7,10-11,13H2,1-6H3,(H2,23,24,25);1H. The van der Waals surface area contributed by atoms with Crippen molar-refractivity contribution in [2.24, 2.45) is 16.3 Å². The van der Waals surface area contributed by atoms with Crippen LogP contribution in [-0.2, 0) is 11.3 Å². The number of hydrogen-bond acceptors (Lipinski definition) is 3. The molecule has 1 aromatic carbocycles. The van der Waals surface area contributed by atoms with Crippen LogP contribution in [0.5, 0.6) is 5.75 Å². The molecule has 6 heteroatoms. The van der Waals surface area contributed by atoms with Gasteiger partial charge in [0.15, 0.2) is 5.96 Å². The molecule has 4 unspecified atom stereocenters. The number of aliphatic imine (C=N–C) groups is 1. The normalized spacial score (nSPS) is 26.5. The fourth-order valence-corrected chi connectivity index (χ4v) is 4.36. The van der Waals surface area contributed by atoms with Crippen LogP contribution >= 0.6 is 24.0 Å². The minimum absolute atomic E-state index is 0. The molecule has 0 amide bonds. The number of ether oxygens (including phenoxy) is 2. The highest BCUT2D eigenvalue weighted by atomic mass is 127. The van der Waals surface area contributed by atoms with Gasteiger partial charge in [-0.05, 0) is 38.3 Å². The molecule has 1 heterocycles. The number of fused-ring (bicyclic) bond motifs is 1. The minimum atomic E-state index is 0. The van der Waals surface area contributed by atoms with Crippen LogP contribution in [0.2, 0.25) is 0 Å². The number of nitrogens with zero attached hydrogens (tertiary/aromatic N) is 1. The third kappa shape index (κ3) is 4.75. The Hall–Kier alpha value is -1.02. The number of halogens is 1. The van der Waals surface area contributed by atoms with Crippen molar-refractivity contribution in [1.82, 2.24) is 10.6 Å². The minimum Gasteiger partial charge on any atom is -0.490 e. The van der Waals surface area contributed by atoms with Crippen LogP contribution in [0.4, 0.5) is 0 Å². The summed E-state index contributed by atoms with van der Waals surface area (Å²) in [6.45, 7) is 12.5. The Morgan fingerprint density at radius 1 is 1.39 bits per heavy atom. The van der Waals surface area contributed by atoms with Crippen LogP contribution < -0.4 is 15.4 Å². The summed E-state index contributed by atoms with van der Waals surface area (Å²) in [5, 5.41) is 7.11. The zero-order chi connectivity index (χ0) is 19.6. The van der Waals surface area contributed by atoms with Crippen molar-refractivity contribution >= 4 is 29.9 Å². The molecular weight excluding hydrogens is 465 g/mol. The zero-order valence-corrected chi connectivity index (χ0v) is 20.4. The SMILES string of the molecule is CCC(C)Oc1cc(C)ccc1CNC(=NC)NC1C2CCOC2C1(C)C.I. The van der Waals surface area contributed by atoms with Crippen molar-refractivity contribution < 1.29 is 9.47 Å². The van der Waals surface area contributed by atoms with E-state index in [9.17, 15) is 0 Å². The van der Waals surface area contributed by atoms with Gasteiger partial charge in [0.05, 0.1) is 12.2 Å². The third-order valence-electron chi connectivity index (χ3n) is 6.19. The molecule has 1 saturated carbocycles. The first-order valence-electron chi connectivity index (χ1n) is 10.2. The van der Waals surface area contributed by atoms with Crippen molar-refractivity contribution in [2.75, 3.05) is 13.7 Å². The van der Waals surface area contributed by atoms with Gasteiger partial charge in [0.25, 0.3) is 0 Å². The fraction of sp³-hybridized carbons (Fsp3) is 0.682. The first-order chi connectivity index (χ1) is 12.9. The van der Waals surface area contributed by atoms with E-state index in [1.165, 1.54) is 5.56 Å². The van der Waals surface area contributed by atoms with Gasteiger partial charge in [0, 0.05) is 43.1 Å². The highest BCUT2D eigenvalue weighted by molar-refractivity contribution is 14.0. The van der Waals surface area contributed by atoms with Gasteiger partial charge in [0.1, 0.15) is 5.75 Å². The lowest BCUT2D eigenvalue weighted by atomic mass is 9.57. The number of aryl methyl sites for hydroxylation is 1. The number of benzene rings is 1. The Balaban J connectivity index is 0.00000280. The van der Waals surface area contributed by atoms with Crippen LogP contribution in [-0.4, -0.2) is 37.9 Å². The van der Waals surface area contributed by atoms with Gasteiger partial charge in [0.2, 0.25) is 0 Å². The van der Waals surface area contributed by atoms with E-state index in [-0.39, 0.29) is 35.5 Å². The quantitative estimate of drug-likeness (QED) is 0.348. The van der Waals surface area contributed by atoms with Crippen molar-refractivity contribution in [3.63, 3.8) is 0 Å². The molecular formula is C22H36IN3O2. The Morgan fingerprint density at radius 3 is 2.82 bits per heavy atom. The summed E-state index contributed by atoms with van der Waals surface area (Å²) in [4.78, 5) is 4.44. The van der Waals surface area contributed by atoms with Crippen LogP contribution in [0, 0.1) is 18.3 Å². The number of nitrogens with one attached hydrogen (secondary N) is 2. The third-order valence-corrected chi connectivity index (χ3v) is 6.19. The number of rotatable bonds is 6. The summed E-state index contributed by atoms with van der Waals surface area (Å²) in [5.41, 5.74) is 2.50. The molecule has 2 N–H and O–H groups in total. The Kier molecular flexibility index (Phi) is 8.02. The predicted molar refractivity (Wildman–Crippen MR) is 126 cm³/mol. The van der Waals surface area contributed by atoms with Crippen molar-refractivity contribution in [2.45, 2.75) is 72.3 Å². The molecule has 4 atom stereocenters. The van der Waals surface area contributed by atoms with E-state index < -0.39 is 0 Å². The highest BCUT2D eigenvalue weighted by Gasteiger charge is 2.59. The molecule has 0 bridgehead atoms. The van der Waals surface area contributed by atoms with E-state index in [0.29, 0.717) is 24.6 Å². The number of hydrogen-bond donors (Lipinski definition) is 2. The smallest absolute Gasteiger partial charge is 0.191 e. The second-order valence-corrected chi connectivity index (χ2v) is 8.56. The van der Waals surface area contributed by atoms with E-state index in [0.717, 1.165) is 36.7 Å². The van der Waals surface area contributed by atoms with Crippen LogP contribution in [0.3, 0.4) is 0 Å². The van der Waals surface area contributed by atoms with Crippen LogP contribution in [0.25, 0.3) is 0 Å². The second-order valence-electron chi connectivity index (χ2n) is 8.56. The van der Waals surface area contributed by atoms with Crippen LogP contribution in [0.1, 0.15) is 51.7 Å². The average molecular weight is 501 g/mol. The lowest BCUT2D eigenvalue weighted by Crippen LogP contribution is -2.67. The lowest BCUT2D eigenvalue weighted by Gasteiger charge is -2.54. The molecule has 5 nitrogen and oxygen atoms in total. The summed E-state index contributed by atoms with van der Waals surface area (Å²) in [7, 11) is 1.83. The first kappa shape index (κ1) is 23.3. The maximum absolute atomic E-state index is 6.13. The summed E-state index contributed by atoms with van der Waals surface area (Å²) >= 11 is 0. The fourth-order valence-electron chi connectivity index (χ4n) is 4.36. The van der Waals surface area contributed by atoms with E-state index in [4.69, 9.17) is 9.47 Å². The van der Waals surface area contributed by atoms with Gasteiger partial charge < -0.3 is 20.1 Å². The number of guanidine groups is 1. The predicted octanol–water partition coefficient (Wildman–Crippen LogP) is 4.27. The van der Waals surface area contributed by atoms with E-state index in [1.54, 1.807) is 0 Å². The Bertz CT molecular complexity index is 692. The monoisotopic (exact) mass is 501 g/mol. The van der Waals surface area contributed by atoms with Crippen molar-refractivity contribution in [1.29, 1.82) is 0 Å². The first-order valence-corrected chi connectivity index (χ1v) is 10.2. The lowest BCUT2D eigenvalue weighted by molar-refractivity contribution is -0.106. The molecule has 1 saturated heterocycles. The van der Waals surface area contributed by atoms with Gasteiger partial charge in [-0.25, -0.2) is 0 Å². The van der Waals surface area contributed by atoms with Crippen molar-refractivity contribution in [3.05, 3.63) is 29.3 Å². The molecule has 1 aromatic rings. The molecule has 0 radical (unpaired) electrons. The van der Waals surface area contributed by atoms with Gasteiger partial charge in [-0.3, -0.25) is 4.99 Å². The maximum atomic E-state index is 6.13. The van der Waals surface area contributed by atoms with Crippen molar-refractivity contribution in [3.8, 4) is 5.75 Å². The molecule has 28 heavy (non-hydrogen) atoms. The Labute approximate surface area is 187 Å². The van der Waals surface area contributed by atoms with Gasteiger partial charge >= 0.3 is 0 Å². The van der Waals surface area contributed by atoms with Crippen LogP contribution in [0.15, 0.2) is 23.2 Å². The second kappa shape index (κ2) is 9.65. The average Bonchev–Trinajstić information content (AvgIpc) is 3.10. The summed E-state index contributed by atoms with van der Waals surface area (Å²) in [6, 6.07) is 6.78. The summed E-state index contributed by atoms with van der Waals surface area (Å²) in [5.74, 6) is 2.39. The summed E-state index contributed by atoms with van der Waals surface area (Å²) < 4.78 is 12.0. The Morgan fingerprint density at radius 2 is 2.14 bits per heavy atom. The molecule has 2 fully saturated rings. The van der Waals surface area contributed by atoms with Gasteiger partial charge in [-0.15, -0.1) is 24.0 Å². The maximum Gasteiger partial charge on any atom is 0.191 e. The summed E-state index contributed by atoms with van der Waals surface area (Å²) in [6.07, 6.45) is 2.71. The molecule has 1 aliphatic heterocycles. The van der Waals surface area contributed by atoms with E-state index >= 15 is 0 Å². The largest absolute Gasteiger partial charge is 0.490 e.